The molecule has 1 aromatic carbocycles. The van der Waals surface area contributed by atoms with E-state index in [4.69, 9.17) is 9.15 Å². The van der Waals surface area contributed by atoms with Crippen LogP contribution in [0.4, 0.5) is 5.69 Å². The Morgan fingerprint density at radius 3 is 2.56 bits per heavy atom. The van der Waals surface area contributed by atoms with E-state index in [0.717, 1.165) is 0 Å². The lowest BCUT2D eigenvalue weighted by atomic mass is 10.2. The molecule has 174 valence electrons. The van der Waals surface area contributed by atoms with Crippen molar-refractivity contribution in [2.45, 2.75) is 24.3 Å². The fourth-order valence-electron chi connectivity index (χ4n) is 3.92. The standard InChI is InChI=1S/C20H25N3O7S2/c1-15-4-5-16(23-20(24)6-12-31(23,25)26)13-19(15)32(27,28)21-14-17(18-3-2-9-30-18)22-7-10-29-11-8-22/h2-5,9,13,17,21H,6-8,10-12,14H2,1H3/t17-/m0/s1. The SMILES string of the molecule is Cc1ccc(N2C(=O)CCS2(=O)=O)cc1S(=O)(=O)NC[C@@H](c1ccco1)N1CCOCC1. The van der Waals surface area contributed by atoms with Gasteiger partial charge >= 0.3 is 0 Å². The minimum absolute atomic E-state index is 0.0224. The molecule has 0 spiro atoms. The van der Waals surface area contributed by atoms with Crippen molar-refractivity contribution in [2.24, 2.45) is 0 Å². The maximum absolute atomic E-state index is 13.2. The molecule has 1 N–H and O–H groups in total. The molecule has 0 bridgehead atoms. The fourth-order valence-corrected chi connectivity index (χ4v) is 6.67. The van der Waals surface area contributed by atoms with E-state index >= 15 is 0 Å². The second-order valence-corrected chi connectivity index (χ2v) is 11.4. The third kappa shape index (κ3) is 4.59. The van der Waals surface area contributed by atoms with Gasteiger partial charge in [0.05, 0.1) is 41.9 Å². The first-order valence-electron chi connectivity index (χ1n) is 10.2. The largest absolute Gasteiger partial charge is 0.468 e. The highest BCUT2D eigenvalue weighted by molar-refractivity contribution is 7.94. The lowest BCUT2D eigenvalue weighted by Gasteiger charge is -2.33. The molecule has 0 aliphatic carbocycles. The first-order valence-corrected chi connectivity index (χ1v) is 13.3. The summed E-state index contributed by atoms with van der Waals surface area (Å²) in [5.74, 6) is -0.228. The lowest BCUT2D eigenvalue weighted by molar-refractivity contribution is -0.116. The number of benzene rings is 1. The number of carbonyl (C=O) groups excluding carboxylic acids is 1. The molecular formula is C20H25N3O7S2. The van der Waals surface area contributed by atoms with Crippen LogP contribution in [0.15, 0.2) is 45.9 Å². The van der Waals surface area contributed by atoms with Gasteiger partial charge in [-0.2, -0.15) is 0 Å². The van der Waals surface area contributed by atoms with Gasteiger partial charge in [-0.15, -0.1) is 0 Å². The normalized spacial score (nSPS) is 20.5. The van der Waals surface area contributed by atoms with Gasteiger partial charge in [0, 0.05) is 26.1 Å². The molecule has 4 rings (SSSR count). The zero-order chi connectivity index (χ0) is 22.9. The van der Waals surface area contributed by atoms with Crippen molar-refractivity contribution in [3.8, 4) is 0 Å². The van der Waals surface area contributed by atoms with E-state index in [-0.39, 0.29) is 35.3 Å². The van der Waals surface area contributed by atoms with Crippen LogP contribution in [0.1, 0.15) is 23.8 Å². The number of nitrogens with zero attached hydrogens (tertiary/aromatic N) is 2. The summed E-state index contributed by atoms with van der Waals surface area (Å²) in [6.07, 6.45) is 1.42. The van der Waals surface area contributed by atoms with Gasteiger partial charge < -0.3 is 9.15 Å². The number of amides is 1. The number of ether oxygens (including phenoxy) is 1. The Kier molecular flexibility index (Phi) is 6.41. The Labute approximate surface area is 187 Å². The molecule has 1 aromatic heterocycles. The second kappa shape index (κ2) is 8.94. The highest BCUT2D eigenvalue weighted by Crippen LogP contribution is 2.29. The smallest absolute Gasteiger partial charge is 0.242 e. The Balaban J connectivity index is 1.59. The van der Waals surface area contributed by atoms with Crippen LogP contribution < -0.4 is 9.03 Å². The predicted molar refractivity (Wildman–Crippen MR) is 116 cm³/mol. The number of sulfonamides is 2. The molecule has 3 heterocycles. The van der Waals surface area contributed by atoms with Crippen molar-refractivity contribution >= 4 is 31.6 Å². The van der Waals surface area contributed by atoms with Gasteiger partial charge in [0.25, 0.3) is 0 Å². The second-order valence-electron chi connectivity index (χ2n) is 7.71. The highest BCUT2D eigenvalue weighted by Gasteiger charge is 2.37. The minimum Gasteiger partial charge on any atom is -0.468 e. The van der Waals surface area contributed by atoms with Crippen molar-refractivity contribution in [3.05, 3.63) is 47.9 Å². The Morgan fingerprint density at radius 1 is 1.19 bits per heavy atom. The van der Waals surface area contributed by atoms with Crippen LogP contribution in [0.5, 0.6) is 0 Å². The van der Waals surface area contributed by atoms with Crippen molar-refractivity contribution < 1.29 is 30.8 Å². The lowest BCUT2D eigenvalue weighted by Crippen LogP contribution is -2.43. The first kappa shape index (κ1) is 22.9. The van der Waals surface area contributed by atoms with Gasteiger partial charge in [0.15, 0.2) is 0 Å². The summed E-state index contributed by atoms with van der Waals surface area (Å²) in [6.45, 7) is 4.03. The average Bonchev–Trinajstić information content (AvgIpc) is 3.37. The monoisotopic (exact) mass is 483 g/mol. The van der Waals surface area contributed by atoms with E-state index in [9.17, 15) is 21.6 Å². The molecule has 2 saturated heterocycles. The quantitative estimate of drug-likeness (QED) is 0.618. The molecule has 10 nitrogen and oxygen atoms in total. The fraction of sp³-hybridized carbons (Fsp3) is 0.450. The Bertz CT molecular complexity index is 1190. The summed E-state index contributed by atoms with van der Waals surface area (Å²) in [6, 6.07) is 7.39. The van der Waals surface area contributed by atoms with Gasteiger partial charge in [0.1, 0.15) is 5.76 Å². The summed E-state index contributed by atoms with van der Waals surface area (Å²) >= 11 is 0. The van der Waals surface area contributed by atoms with Crippen molar-refractivity contribution in [3.63, 3.8) is 0 Å². The maximum Gasteiger partial charge on any atom is 0.242 e. The van der Waals surface area contributed by atoms with Gasteiger partial charge in [-0.3, -0.25) is 9.69 Å². The number of aryl methyl sites for hydroxylation is 1. The van der Waals surface area contributed by atoms with E-state index in [1.165, 1.54) is 18.2 Å². The molecular weight excluding hydrogens is 458 g/mol. The van der Waals surface area contributed by atoms with E-state index in [2.05, 4.69) is 9.62 Å². The van der Waals surface area contributed by atoms with Crippen molar-refractivity contribution in [1.82, 2.24) is 9.62 Å². The summed E-state index contributed by atoms with van der Waals surface area (Å²) in [7, 11) is -7.80. The van der Waals surface area contributed by atoms with Crippen LogP contribution in [0.25, 0.3) is 0 Å². The third-order valence-corrected chi connectivity index (χ3v) is 8.86. The number of furan rings is 1. The molecule has 2 aromatic rings. The molecule has 12 heteroatoms. The van der Waals surface area contributed by atoms with Crippen LogP contribution in [-0.4, -0.2) is 66.2 Å². The number of rotatable bonds is 7. The molecule has 2 fully saturated rings. The van der Waals surface area contributed by atoms with Crippen molar-refractivity contribution in [1.29, 1.82) is 0 Å². The molecule has 0 unspecified atom stereocenters. The van der Waals surface area contributed by atoms with E-state index in [0.29, 0.717) is 41.9 Å². The number of nitrogens with one attached hydrogen (secondary N) is 1. The topological polar surface area (TPSA) is 126 Å². The number of morpholine rings is 1. The molecule has 32 heavy (non-hydrogen) atoms. The number of hydrogen-bond acceptors (Lipinski definition) is 8. The van der Waals surface area contributed by atoms with Crippen LogP contribution in [0, 0.1) is 6.92 Å². The van der Waals surface area contributed by atoms with Crippen molar-refractivity contribution in [2.75, 3.05) is 42.9 Å². The Hall–Kier alpha value is -2.25. The molecule has 0 radical (unpaired) electrons. The van der Waals surface area contributed by atoms with E-state index < -0.39 is 26.0 Å². The van der Waals surface area contributed by atoms with Gasteiger partial charge in [-0.05, 0) is 36.8 Å². The molecule has 0 saturated carbocycles. The molecule has 1 amide bonds. The Morgan fingerprint density at radius 2 is 1.94 bits per heavy atom. The van der Waals surface area contributed by atoms with Crippen LogP contribution in [-0.2, 0) is 29.6 Å². The average molecular weight is 484 g/mol. The van der Waals surface area contributed by atoms with Crippen LogP contribution >= 0.6 is 0 Å². The highest BCUT2D eigenvalue weighted by atomic mass is 32.2. The van der Waals surface area contributed by atoms with Crippen LogP contribution in [0.3, 0.4) is 0 Å². The first-order chi connectivity index (χ1) is 15.2. The van der Waals surface area contributed by atoms with E-state index in [1.807, 2.05) is 0 Å². The summed E-state index contributed by atoms with van der Waals surface area (Å²) in [5, 5.41) is 0. The number of carbonyl (C=O) groups is 1. The maximum atomic E-state index is 13.2. The summed E-state index contributed by atoms with van der Waals surface area (Å²) in [5.41, 5.74) is 0.459. The molecule has 1 atom stereocenters. The summed E-state index contributed by atoms with van der Waals surface area (Å²) in [4.78, 5) is 14.1. The summed E-state index contributed by atoms with van der Waals surface area (Å²) < 4.78 is 65.1. The van der Waals surface area contributed by atoms with Gasteiger partial charge in [-0.1, -0.05) is 6.07 Å². The van der Waals surface area contributed by atoms with Gasteiger partial charge in [-0.25, -0.2) is 25.9 Å². The minimum atomic E-state index is -4.00. The molecule has 2 aliphatic heterocycles. The zero-order valence-electron chi connectivity index (χ0n) is 17.6. The van der Waals surface area contributed by atoms with Gasteiger partial charge in [0.2, 0.25) is 26.0 Å². The predicted octanol–water partition coefficient (Wildman–Crippen LogP) is 1.01. The van der Waals surface area contributed by atoms with E-state index in [1.54, 1.807) is 25.3 Å². The third-order valence-electron chi connectivity index (χ3n) is 5.60. The van der Waals surface area contributed by atoms with Crippen LogP contribution in [0.2, 0.25) is 0 Å². The number of hydrogen-bond donors (Lipinski definition) is 1. The molecule has 2 aliphatic rings. The zero-order valence-corrected chi connectivity index (χ0v) is 19.2. The number of anilines is 1.